The molecule has 0 saturated carbocycles. The van der Waals surface area contributed by atoms with E-state index in [4.69, 9.17) is 11.6 Å². The Bertz CT molecular complexity index is 801. The third kappa shape index (κ3) is 3.14. The molecule has 2 aromatic carbocycles. The van der Waals surface area contributed by atoms with Gasteiger partial charge >= 0.3 is 0 Å². The quantitative estimate of drug-likeness (QED) is 0.765. The number of carbonyl (C=O) groups is 1. The van der Waals surface area contributed by atoms with Crippen LogP contribution in [0.25, 0.3) is 0 Å². The van der Waals surface area contributed by atoms with Crippen LogP contribution in [0, 0.1) is 6.92 Å². The number of rotatable bonds is 3. The summed E-state index contributed by atoms with van der Waals surface area (Å²) in [4.78, 5) is 12.5. The molecule has 1 aliphatic heterocycles. The van der Waals surface area contributed by atoms with Crippen LogP contribution < -0.4 is 5.01 Å². The second kappa shape index (κ2) is 6.30. The van der Waals surface area contributed by atoms with Crippen LogP contribution in [0.15, 0.2) is 63.9 Å². The fraction of sp³-hybridized carbons (Fsp3) is 0.176. The lowest BCUT2D eigenvalue weighted by atomic mass is 10.2. The Morgan fingerprint density at radius 1 is 1.13 bits per heavy atom. The molecule has 1 atom stereocenters. The van der Waals surface area contributed by atoms with Gasteiger partial charge in [-0.25, -0.2) is 0 Å². The highest BCUT2D eigenvalue weighted by atomic mass is 35.5. The Morgan fingerprint density at radius 2 is 1.87 bits per heavy atom. The topological polar surface area (TPSA) is 57.4 Å². The maximum Gasteiger partial charge on any atom is 0.280 e. The van der Waals surface area contributed by atoms with E-state index in [2.05, 4.69) is 15.3 Å². The van der Waals surface area contributed by atoms with E-state index in [1.165, 1.54) is 5.01 Å². The van der Waals surface area contributed by atoms with E-state index in [0.29, 0.717) is 22.1 Å². The summed E-state index contributed by atoms with van der Waals surface area (Å²) < 4.78 is 0. The lowest BCUT2D eigenvalue weighted by molar-refractivity contribution is -0.117. The molecular formula is C17H15ClN4O. The average molecular weight is 327 g/mol. The molecule has 3 rings (SSSR count). The summed E-state index contributed by atoms with van der Waals surface area (Å²) >= 11 is 6.13. The Kier molecular flexibility index (Phi) is 4.21. The van der Waals surface area contributed by atoms with E-state index in [0.717, 1.165) is 5.56 Å². The molecule has 5 nitrogen and oxygen atoms in total. The molecule has 0 aromatic heterocycles. The summed E-state index contributed by atoms with van der Waals surface area (Å²) in [5.74, 6) is -0.222. The van der Waals surface area contributed by atoms with Crippen molar-refractivity contribution < 1.29 is 4.79 Å². The lowest BCUT2D eigenvalue weighted by Gasteiger charge is -2.11. The van der Waals surface area contributed by atoms with Crippen molar-refractivity contribution in [2.45, 2.75) is 19.9 Å². The molecule has 116 valence electrons. The zero-order valence-electron chi connectivity index (χ0n) is 12.8. The number of nitrogens with zero attached hydrogens (tertiary/aromatic N) is 4. The van der Waals surface area contributed by atoms with Crippen molar-refractivity contribution in [2.24, 2.45) is 15.3 Å². The molecule has 1 aliphatic rings. The molecule has 0 spiro atoms. The number of hydrogen-bond donors (Lipinski definition) is 0. The van der Waals surface area contributed by atoms with Crippen molar-refractivity contribution in [2.75, 3.05) is 5.01 Å². The predicted octanol–water partition coefficient (Wildman–Crippen LogP) is 4.52. The van der Waals surface area contributed by atoms with Crippen molar-refractivity contribution in [3.63, 3.8) is 0 Å². The van der Waals surface area contributed by atoms with Crippen LogP contribution in [0.1, 0.15) is 12.5 Å². The van der Waals surface area contributed by atoms with Gasteiger partial charge in [0.05, 0.1) is 16.4 Å². The molecule has 1 amide bonds. The molecule has 0 N–H and O–H groups in total. The lowest BCUT2D eigenvalue weighted by Crippen LogP contribution is -2.29. The molecule has 1 unspecified atom stereocenters. The van der Waals surface area contributed by atoms with E-state index in [1.807, 2.05) is 49.4 Å². The van der Waals surface area contributed by atoms with E-state index < -0.39 is 6.04 Å². The van der Waals surface area contributed by atoms with E-state index in [9.17, 15) is 4.79 Å². The summed E-state index contributed by atoms with van der Waals surface area (Å²) in [5.41, 5.74) is 2.89. The third-order valence-corrected chi connectivity index (χ3v) is 3.78. The van der Waals surface area contributed by atoms with Crippen LogP contribution in [0.2, 0.25) is 5.02 Å². The number of aryl methyl sites for hydroxylation is 1. The first-order valence-corrected chi connectivity index (χ1v) is 7.55. The van der Waals surface area contributed by atoms with Gasteiger partial charge < -0.3 is 0 Å². The number of anilines is 1. The zero-order chi connectivity index (χ0) is 16.4. The minimum atomic E-state index is -0.715. The summed E-state index contributed by atoms with van der Waals surface area (Å²) in [6.45, 7) is 3.71. The predicted molar refractivity (Wildman–Crippen MR) is 91.5 cm³/mol. The van der Waals surface area contributed by atoms with Crippen LogP contribution in [-0.2, 0) is 4.79 Å². The Balaban J connectivity index is 1.83. The normalized spacial score (nSPS) is 17.9. The Hall–Kier alpha value is -2.53. The van der Waals surface area contributed by atoms with Crippen molar-refractivity contribution in [1.82, 2.24) is 0 Å². The van der Waals surface area contributed by atoms with Crippen LogP contribution in [0.5, 0.6) is 0 Å². The number of carbonyl (C=O) groups excluding carboxylic acids is 1. The minimum absolute atomic E-state index is 0.222. The van der Waals surface area contributed by atoms with Gasteiger partial charge in [0.1, 0.15) is 5.69 Å². The van der Waals surface area contributed by atoms with Crippen LogP contribution in [0.3, 0.4) is 0 Å². The maximum absolute atomic E-state index is 12.5. The largest absolute Gasteiger partial charge is 0.280 e. The van der Waals surface area contributed by atoms with Crippen molar-refractivity contribution in [3.8, 4) is 0 Å². The minimum Gasteiger partial charge on any atom is -0.269 e. The molecule has 0 aliphatic carbocycles. The molecule has 0 bridgehead atoms. The van der Waals surface area contributed by atoms with Crippen molar-refractivity contribution in [1.29, 1.82) is 0 Å². The van der Waals surface area contributed by atoms with Gasteiger partial charge in [0.15, 0.2) is 6.04 Å². The summed E-state index contributed by atoms with van der Waals surface area (Å²) in [6.07, 6.45) is 0. The Labute approximate surface area is 139 Å². The van der Waals surface area contributed by atoms with Crippen molar-refractivity contribution >= 4 is 34.6 Å². The molecule has 6 heteroatoms. The monoisotopic (exact) mass is 326 g/mol. The first-order chi connectivity index (χ1) is 11.1. The first kappa shape index (κ1) is 15.4. The number of hydrogen-bond acceptors (Lipinski definition) is 4. The number of azo groups is 1. The van der Waals surface area contributed by atoms with E-state index in [1.54, 1.807) is 13.0 Å². The number of benzene rings is 2. The molecular weight excluding hydrogens is 312 g/mol. The second-order valence-corrected chi connectivity index (χ2v) is 5.71. The van der Waals surface area contributed by atoms with E-state index >= 15 is 0 Å². The molecule has 1 heterocycles. The Morgan fingerprint density at radius 3 is 2.57 bits per heavy atom. The molecule has 23 heavy (non-hydrogen) atoms. The highest BCUT2D eigenvalue weighted by Gasteiger charge is 2.34. The smallest absolute Gasteiger partial charge is 0.269 e. The van der Waals surface area contributed by atoms with Gasteiger partial charge in [-0.3, -0.25) is 4.79 Å². The van der Waals surface area contributed by atoms with Gasteiger partial charge in [-0.1, -0.05) is 35.9 Å². The average Bonchev–Trinajstić information content (AvgIpc) is 2.82. The van der Waals surface area contributed by atoms with Gasteiger partial charge in [0, 0.05) is 0 Å². The van der Waals surface area contributed by atoms with Crippen LogP contribution in [-0.4, -0.2) is 17.7 Å². The first-order valence-electron chi connectivity index (χ1n) is 7.17. The highest BCUT2D eigenvalue weighted by Crippen LogP contribution is 2.27. The van der Waals surface area contributed by atoms with Gasteiger partial charge in [-0.05, 0) is 43.7 Å². The number of hydrazone groups is 1. The highest BCUT2D eigenvalue weighted by molar-refractivity contribution is 6.33. The van der Waals surface area contributed by atoms with Gasteiger partial charge in [0.25, 0.3) is 5.91 Å². The van der Waals surface area contributed by atoms with Crippen LogP contribution in [0.4, 0.5) is 11.4 Å². The van der Waals surface area contributed by atoms with Crippen molar-refractivity contribution in [3.05, 3.63) is 59.1 Å². The number of amides is 1. The molecule has 2 aromatic rings. The van der Waals surface area contributed by atoms with Gasteiger partial charge in [0.2, 0.25) is 0 Å². The third-order valence-electron chi connectivity index (χ3n) is 3.48. The van der Waals surface area contributed by atoms with E-state index in [-0.39, 0.29) is 5.91 Å². The summed E-state index contributed by atoms with van der Waals surface area (Å²) in [6, 6.07) is 14.0. The van der Waals surface area contributed by atoms with Crippen LogP contribution >= 0.6 is 11.6 Å². The maximum atomic E-state index is 12.5. The summed E-state index contributed by atoms with van der Waals surface area (Å²) in [5, 5.41) is 14.4. The molecule has 0 fully saturated rings. The zero-order valence-corrected chi connectivity index (χ0v) is 13.5. The second-order valence-electron chi connectivity index (χ2n) is 5.30. The fourth-order valence-corrected chi connectivity index (χ4v) is 2.53. The molecule has 0 saturated heterocycles. The number of halogens is 1. The fourth-order valence-electron chi connectivity index (χ4n) is 2.26. The SMILES string of the molecule is CC1=NN(c2ccccc2)C(=O)C1N=Nc1ccc(C)cc1Cl. The molecule has 0 radical (unpaired) electrons. The van der Waals surface area contributed by atoms with Gasteiger partial charge in [-0.2, -0.15) is 20.3 Å². The standard InChI is InChI=1S/C17H15ClN4O/c1-11-8-9-15(14(18)10-11)19-20-16-12(2)21-22(17(16)23)13-6-4-3-5-7-13/h3-10,16H,1-2H3. The summed E-state index contributed by atoms with van der Waals surface area (Å²) in [7, 11) is 0. The number of para-hydroxylation sites is 1. The van der Waals surface area contributed by atoms with Gasteiger partial charge in [-0.15, -0.1) is 0 Å².